The van der Waals surface area contributed by atoms with E-state index in [2.05, 4.69) is 15.5 Å². The Labute approximate surface area is 120 Å². The summed E-state index contributed by atoms with van der Waals surface area (Å²) in [4.78, 5) is 4.03. The van der Waals surface area contributed by atoms with Crippen LogP contribution in [0.2, 0.25) is 0 Å². The zero-order valence-corrected chi connectivity index (χ0v) is 11.1. The normalized spacial score (nSPS) is 11.0. The van der Waals surface area contributed by atoms with Crippen LogP contribution in [0.4, 0.5) is 10.1 Å². The zero-order valence-electron chi connectivity index (χ0n) is 11.1. The summed E-state index contributed by atoms with van der Waals surface area (Å²) in [6.45, 7) is 1.77. The maximum Gasteiger partial charge on any atom is 0.201 e. The van der Waals surface area contributed by atoms with Crippen molar-refractivity contribution in [3.8, 4) is 11.8 Å². The third-order valence-corrected chi connectivity index (χ3v) is 2.69. The quantitative estimate of drug-likeness (QED) is 0.449. The van der Waals surface area contributed by atoms with Gasteiger partial charge in [0.25, 0.3) is 0 Å². The van der Waals surface area contributed by atoms with Gasteiger partial charge in [0.1, 0.15) is 17.7 Å². The molecule has 0 radical (unpaired) electrons. The molecule has 0 fully saturated rings. The topological polar surface area (TPSA) is 116 Å². The Hall–Kier alpha value is -3.21. The van der Waals surface area contributed by atoms with E-state index in [-0.39, 0.29) is 5.71 Å². The number of rotatable bonds is 4. The van der Waals surface area contributed by atoms with E-state index < -0.39 is 11.7 Å². The molecule has 1 aromatic heterocycles. The van der Waals surface area contributed by atoms with Crippen LogP contribution in [0.3, 0.4) is 0 Å². The van der Waals surface area contributed by atoms with E-state index in [1.807, 2.05) is 0 Å². The molecule has 0 aliphatic carbocycles. The van der Waals surface area contributed by atoms with Gasteiger partial charge in [-0.3, -0.25) is 10.8 Å². The number of hydrogen-bond acceptors (Lipinski definition) is 5. The van der Waals surface area contributed by atoms with Crippen molar-refractivity contribution < 1.29 is 4.39 Å². The number of nitrogens with two attached hydrogens (primary N) is 1. The highest BCUT2D eigenvalue weighted by Gasteiger charge is 2.08. The van der Waals surface area contributed by atoms with Gasteiger partial charge in [-0.1, -0.05) is 0 Å². The molecule has 21 heavy (non-hydrogen) atoms. The summed E-state index contributed by atoms with van der Waals surface area (Å²) in [6.07, 6.45) is 3.24. The van der Waals surface area contributed by atoms with Crippen LogP contribution in [0.15, 0.2) is 35.7 Å². The number of benzene rings is 1. The molecule has 0 saturated carbocycles. The van der Waals surface area contributed by atoms with E-state index in [0.29, 0.717) is 17.2 Å². The lowest BCUT2D eigenvalue weighted by Gasteiger charge is -2.08. The third-order valence-electron chi connectivity index (χ3n) is 2.69. The fourth-order valence-electron chi connectivity index (χ4n) is 1.67. The van der Waals surface area contributed by atoms with E-state index in [4.69, 9.17) is 16.4 Å². The van der Waals surface area contributed by atoms with Gasteiger partial charge in [0, 0.05) is 18.5 Å². The molecule has 7 nitrogen and oxygen atoms in total. The second kappa shape index (κ2) is 5.83. The first-order valence-electron chi connectivity index (χ1n) is 5.91. The number of aromatic nitrogens is 2. The number of halogens is 1. The first-order chi connectivity index (χ1) is 10.0. The van der Waals surface area contributed by atoms with Crippen LogP contribution in [-0.4, -0.2) is 21.1 Å². The van der Waals surface area contributed by atoms with Gasteiger partial charge in [0.05, 0.1) is 11.4 Å². The summed E-state index contributed by atoms with van der Waals surface area (Å²) in [5.41, 5.74) is 8.05. The van der Waals surface area contributed by atoms with Gasteiger partial charge >= 0.3 is 0 Å². The van der Waals surface area contributed by atoms with E-state index in [1.54, 1.807) is 42.1 Å². The predicted molar refractivity (Wildman–Crippen MR) is 76.8 cm³/mol. The van der Waals surface area contributed by atoms with Crippen LogP contribution in [0.1, 0.15) is 5.82 Å². The zero-order chi connectivity index (χ0) is 15.4. The van der Waals surface area contributed by atoms with Crippen LogP contribution in [0.5, 0.6) is 0 Å². The minimum atomic E-state index is -0.474. The van der Waals surface area contributed by atoms with Crippen molar-refractivity contribution in [2.45, 2.75) is 6.92 Å². The number of aryl methyl sites for hydroxylation is 1. The number of nitrogens with one attached hydrogen (secondary N) is 2. The van der Waals surface area contributed by atoms with Gasteiger partial charge in [-0.2, -0.15) is 10.4 Å². The van der Waals surface area contributed by atoms with E-state index >= 15 is 0 Å². The summed E-state index contributed by atoms with van der Waals surface area (Å²) in [5.74, 6) is -0.273. The van der Waals surface area contributed by atoms with E-state index in [9.17, 15) is 4.39 Å². The molecule has 2 rings (SSSR count). The lowest BCUT2D eigenvalue weighted by atomic mass is 10.2. The van der Waals surface area contributed by atoms with Gasteiger partial charge in [-0.25, -0.2) is 9.37 Å². The summed E-state index contributed by atoms with van der Waals surface area (Å²) >= 11 is 0. The lowest BCUT2D eigenvalue weighted by Crippen LogP contribution is -2.21. The fraction of sp³-hybridized carbons (Fsp3) is 0.0769. The monoisotopic (exact) mass is 285 g/mol. The lowest BCUT2D eigenvalue weighted by molar-refractivity contribution is 0.617. The van der Waals surface area contributed by atoms with Crippen LogP contribution < -0.4 is 11.2 Å². The summed E-state index contributed by atoms with van der Waals surface area (Å²) in [7, 11) is 0. The van der Waals surface area contributed by atoms with Gasteiger partial charge in [-0.05, 0) is 19.1 Å². The minimum Gasteiger partial charge on any atom is -0.382 e. The van der Waals surface area contributed by atoms with Crippen molar-refractivity contribution in [2.75, 3.05) is 5.43 Å². The van der Waals surface area contributed by atoms with E-state index in [1.165, 1.54) is 6.07 Å². The van der Waals surface area contributed by atoms with Crippen LogP contribution in [0.25, 0.3) is 5.69 Å². The molecule has 106 valence electrons. The largest absolute Gasteiger partial charge is 0.382 e. The Morgan fingerprint density at radius 1 is 1.57 bits per heavy atom. The van der Waals surface area contributed by atoms with Crippen molar-refractivity contribution in [3.63, 3.8) is 0 Å². The van der Waals surface area contributed by atoms with Gasteiger partial charge in [-0.15, -0.1) is 0 Å². The van der Waals surface area contributed by atoms with Gasteiger partial charge < -0.3 is 10.3 Å². The fourth-order valence-corrected chi connectivity index (χ4v) is 1.67. The molecule has 1 aromatic carbocycles. The van der Waals surface area contributed by atoms with Crippen molar-refractivity contribution in [1.82, 2.24) is 9.55 Å². The number of hydrogen-bond donors (Lipinski definition) is 3. The Balaban J connectivity index is 2.27. The van der Waals surface area contributed by atoms with Crippen LogP contribution >= 0.6 is 0 Å². The summed E-state index contributed by atoms with van der Waals surface area (Å²) in [5, 5.41) is 19.4. The van der Waals surface area contributed by atoms with Gasteiger partial charge in [0.15, 0.2) is 5.84 Å². The highest BCUT2D eigenvalue weighted by Crippen LogP contribution is 2.19. The maximum absolute atomic E-state index is 14.1. The molecule has 0 spiro atoms. The molecule has 0 atom stereocenters. The maximum atomic E-state index is 14.1. The van der Waals surface area contributed by atoms with Crippen LogP contribution in [-0.2, 0) is 0 Å². The number of imidazole rings is 1. The standard InChI is InChI=1S/C13H12FN7/c1-8-18-4-5-21(8)12-3-2-9(6-10(12)14)19-20-11(7-15)13(16)17/h2-6,19H,1H3,(H3,16,17)/b20-11+. The molecule has 0 bridgehead atoms. The number of anilines is 1. The molecule has 2 aromatic rings. The highest BCUT2D eigenvalue weighted by molar-refractivity contribution is 6.45. The predicted octanol–water partition coefficient (Wildman–Crippen LogP) is 1.55. The van der Waals surface area contributed by atoms with Gasteiger partial charge in [0.2, 0.25) is 5.71 Å². The molecule has 0 aliphatic rings. The molecule has 4 N–H and O–H groups in total. The minimum absolute atomic E-state index is 0.273. The van der Waals surface area contributed by atoms with Crippen molar-refractivity contribution in [1.29, 1.82) is 10.7 Å². The molecule has 0 amide bonds. The average molecular weight is 285 g/mol. The first-order valence-corrected chi connectivity index (χ1v) is 5.91. The Kier molecular flexibility index (Phi) is 3.95. The summed E-state index contributed by atoms with van der Waals surface area (Å²) in [6, 6.07) is 6.04. The smallest absolute Gasteiger partial charge is 0.201 e. The van der Waals surface area contributed by atoms with Crippen molar-refractivity contribution in [2.24, 2.45) is 10.8 Å². The molecule has 0 aliphatic heterocycles. The van der Waals surface area contributed by atoms with Crippen LogP contribution in [0, 0.1) is 29.5 Å². The molecule has 0 saturated heterocycles. The number of nitriles is 1. The molecule has 1 heterocycles. The van der Waals surface area contributed by atoms with Crippen molar-refractivity contribution >= 4 is 17.2 Å². The average Bonchev–Trinajstić information content (AvgIpc) is 2.85. The SMILES string of the molecule is Cc1nccn1-c1ccc(N/N=C(\C#N)C(=N)N)cc1F. The second-order valence-corrected chi connectivity index (χ2v) is 4.11. The molecular weight excluding hydrogens is 273 g/mol. The Morgan fingerprint density at radius 2 is 2.33 bits per heavy atom. The molecule has 0 unspecified atom stereocenters. The van der Waals surface area contributed by atoms with Crippen molar-refractivity contribution in [3.05, 3.63) is 42.2 Å². The van der Waals surface area contributed by atoms with E-state index in [0.717, 1.165) is 0 Å². The number of nitrogens with zero attached hydrogens (tertiary/aromatic N) is 4. The number of amidine groups is 1. The Bertz CT molecular complexity index is 754. The third kappa shape index (κ3) is 3.03. The highest BCUT2D eigenvalue weighted by atomic mass is 19.1. The molecular formula is C13H12FN7. The number of hydrazone groups is 1. The first kappa shape index (κ1) is 14.2. The second-order valence-electron chi connectivity index (χ2n) is 4.11. The molecule has 8 heteroatoms. The Morgan fingerprint density at radius 3 is 2.86 bits per heavy atom. The summed E-state index contributed by atoms with van der Waals surface area (Å²) < 4.78 is 15.7.